The zero-order chi connectivity index (χ0) is 13.6. The predicted octanol–water partition coefficient (Wildman–Crippen LogP) is -0.0184. The van der Waals surface area contributed by atoms with E-state index in [-0.39, 0.29) is 5.95 Å². The Bertz CT molecular complexity index is 283. The van der Waals surface area contributed by atoms with Crippen LogP contribution in [0.1, 0.15) is 19.3 Å². The van der Waals surface area contributed by atoms with E-state index >= 15 is 0 Å². The van der Waals surface area contributed by atoms with E-state index < -0.39 is 4.92 Å². The van der Waals surface area contributed by atoms with Crippen molar-refractivity contribution < 1.29 is 4.92 Å². The average molecular weight is 258 g/mol. The summed E-state index contributed by atoms with van der Waals surface area (Å²) in [5.74, 6) is -0.218. The molecule has 0 aliphatic heterocycles. The maximum Gasteiger partial charge on any atom is 0.432 e. The second kappa shape index (κ2) is 12.0. The summed E-state index contributed by atoms with van der Waals surface area (Å²) in [6, 6.07) is 0. The molecule has 0 atom stereocenters. The van der Waals surface area contributed by atoms with Gasteiger partial charge in [-0.15, -0.1) is 0 Å². The molecule has 0 saturated heterocycles. The third-order valence-corrected chi connectivity index (χ3v) is 2.02. The topological polar surface area (TPSA) is 136 Å². The van der Waals surface area contributed by atoms with Crippen LogP contribution in [0.4, 0.5) is 5.95 Å². The molecule has 0 unspecified atom stereocenters. The average Bonchev–Trinajstić information content (AvgIpc) is 2.88. The van der Waals surface area contributed by atoms with E-state index in [0.29, 0.717) is 0 Å². The molecule has 1 aromatic heterocycles. The molecule has 0 saturated carbocycles. The molecular formula is C10H22N6O2. The van der Waals surface area contributed by atoms with Crippen LogP contribution in [0.5, 0.6) is 0 Å². The molecule has 0 aliphatic carbocycles. The summed E-state index contributed by atoms with van der Waals surface area (Å²) < 4.78 is 0. The number of aromatic nitrogens is 2. The number of nitrogens with two attached hydrogens (primary N) is 2. The Hall–Kier alpha value is -1.51. The highest BCUT2D eigenvalue weighted by Crippen LogP contribution is 1.96. The second-order valence-electron chi connectivity index (χ2n) is 3.56. The monoisotopic (exact) mass is 258 g/mol. The van der Waals surface area contributed by atoms with E-state index in [9.17, 15) is 10.1 Å². The quantitative estimate of drug-likeness (QED) is 0.294. The first-order chi connectivity index (χ1) is 8.72. The summed E-state index contributed by atoms with van der Waals surface area (Å²) >= 11 is 0. The standard InChI is InChI=1S/C7H19N3.C3H3N3O2/c8-4-1-2-6-10-7-3-5-9;7-6(8)3-4-1-2-5-3/h10H,1-9H2;1-2H,(H,4,5). The highest BCUT2D eigenvalue weighted by atomic mass is 16.6. The fraction of sp³-hybridized carbons (Fsp3) is 0.700. The molecule has 1 aromatic rings. The van der Waals surface area contributed by atoms with Crippen molar-refractivity contribution in [2.45, 2.75) is 19.3 Å². The minimum atomic E-state index is -0.583. The number of nitro groups is 1. The van der Waals surface area contributed by atoms with Crippen LogP contribution in [0, 0.1) is 10.1 Å². The van der Waals surface area contributed by atoms with Crippen molar-refractivity contribution in [2.24, 2.45) is 11.5 Å². The first-order valence-corrected chi connectivity index (χ1v) is 5.97. The van der Waals surface area contributed by atoms with Crippen molar-refractivity contribution in [1.82, 2.24) is 15.3 Å². The Balaban J connectivity index is 0.000000327. The smallest absolute Gasteiger partial charge is 0.390 e. The summed E-state index contributed by atoms with van der Waals surface area (Å²) in [6.45, 7) is 3.71. The zero-order valence-electron chi connectivity index (χ0n) is 10.5. The maximum atomic E-state index is 9.77. The minimum absolute atomic E-state index is 0.218. The number of nitrogens with one attached hydrogen (secondary N) is 2. The van der Waals surface area contributed by atoms with Gasteiger partial charge in [0, 0.05) is 0 Å². The molecule has 0 radical (unpaired) electrons. The third-order valence-electron chi connectivity index (χ3n) is 2.02. The third kappa shape index (κ3) is 9.70. The zero-order valence-corrected chi connectivity index (χ0v) is 10.5. The summed E-state index contributed by atoms with van der Waals surface area (Å²) in [5.41, 5.74) is 10.6. The molecule has 0 aromatic carbocycles. The second-order valence-corrected chi connectivity index (χ2v) is 3.56. The fourth-order valence-corrected chi connectivity index (χ4v) is 1.10. The number of hydrogen-bond donors (Lipinski definition) is 4. The highest BCUT2D eigenvalue weighted by molar-refractivity contribution is 5.00. The summed E-state index contributed by atoms with van der Waals surface area (Å²) in [5, 5.41) is 13.1. The Morgan fingerprint density at radius 1 is 1.28 bits per heavy atom. The molecular weight excluding hydrogens is 236 g/mol. The predicted molar refractivity (Wildman–Crippen MR) is 70.1 cm³/mol. The molecule has 1 heterocycles. The molecule has 8 nitrogen and oxygen atoms in total. The van der Waals surface area contributed by atoms with Crippen LogP contribution >= 0.6 is 0 Å². The maximum absolute atomic E-state index is 9.77. The van der Waals surface area contributed by atoms with Gasteiger partial charge in [-0.05, 0) is 50.4 Å². The lowest BCUT2D eigenvalue weighted by molar-refractivity contribution is -0.393. The van der Waals surface area contributed by atoms with Crippen LogP contribution in [0.3, 0.4) is 0 Å². The minimum Gasteiger partial charge on any atom is -0.390 e. The fourth-order valence-electron chi connectivity index (χ4n) is 1.10. The van der Waals surface area contributed by atoms with Crippen LogP contribution in [-0.4, -0.2) is 41.1 Å². The number of H-pyrrole nitrogens is 1. The molecule has 1 rings (SSSR count). The number of unbranched alkanes of at least 4 members (excludes halogenated alkanes) is 1. The van der Waals surface area contributed by atoms with Crippen LogP contribution in [0.2, 0.25) is 0 Å². The Kier molecular flexibility index (Phi) is 11.0. The van der Waals surface area contributed by atoms with E-state index in [1.54, 1.807) is 0 Å². The van der Waals surface area contributed by atoms with E-state index in [2.05, 4.69) is 15.3 Å². The lowest BCUT2D eigenvalue weighted by atomic mass is 10.3. The number of rotatable bonds is 8. The number of nitrogens with zero attached hydrogens (tertiary/aromatic N) is 2. The van der Waals surface area contributed by atoms with Gasteiger partial charge in [0.05, 0.1) is 6.20 Å². The van der Waals surface area contributed by atoms with Crippen molar-refractivity contribution >= 4 is 5.95 Å². The Morgan fingerprint density at radius 3 is 2.39 bits per heavy atom. The van der Waals surface area contributed by atoms with Crippen LogP contribution in [0.15, 0.2) is 12.4 Å². The van der Waals surface area contributed by atoms with Crippen molar-refractivity contribution in [3.05, 3.63) is 22.5 Å². The van der Waals surface area contributed by atoms with Gasteiger partial charge < -0.3 is 26.9 Å². The molecule has 0 aliphatic rings. The summed E-state index contributed by atoms with van der Waals surface area (Å²) in [7, 11) is 0. The van der Waals surface area contributed by atoms with Crippen molar-refractivity contribution in [3.63, 3.8) is 0 Å². The Morgan fingerprint density at radius 2 is 1.94 bits per heavy atom. The van der Waals surface area contributed by atoms with Crippen molar-refractivity contribution in [2.75, 3.05) is 26.2 Å². The largest absolute Gasteiger partial charge is 0.432 e. The lowest BCUT2D eigenvalue weighted by Gasteiger charge is -2.01. The van der Waals surface area contributed by atoms with Crippen molar-refractivity contribution in [3.8, 4) is 0 Å². The molecule has 0 bridgehead atoms. The van der Waals surface area contributed by atoms with E-state index in [1.165, 1.54) is 18.8 Å². The Labute approximate surface area is 106 Å². The molecule has 8 heteroatoms. The molecule has 6 N–H and O–H groups in total. The van der Waals surface area contributed by atoms with Crippen LogP contribution in [0.25, 0.3) is 0 Å². The van der Waals surface area contributed by atoms with Gasteiger partial charge in [0.1, 0.15) is 6.20 Å². The first kappa shape index (κ1) is 16.5. The van der Waals surface area contributed by atoms with Gasteiger partial charge in [0.15, 0.2) is 0 Å². The van der Waals surface area contributed by atoms with Gasteiger partial charge in [-0.2, -0.15) is 0 Å². The van der Waals surface area contributed by atoms with Gasteiger partial charge in [0.25, 0.3) is 0 Å². The molecule has 18 heavy (non-hydrogen) atoms. The van der Waals surface area contributed by atoms with Gasteiger partial charge >= 0.3 is 5.95 Å². The SMILES string of the molecule is NCCCCNCCCN.O=[N+]([O-])c1ncc[nH]1. The van der Waals surface area contributed by atoms with E-state index in [4.69, 9.17) is 11.5 Å². The van der Waals surface area contributed by atoms with E-state index in [1.807, 2.05) is 0 Å². The van der Waals surface area contributed by atoms with Gasteiger partial charge in [-0.25, -0.2) is 4.98 Å². The van der Waals surface area contributed by atoms with Gasteiger partial charge in [0.2, 0.25) is 0 Å². The van der Waals surface area contributed by atoms with E-state index in [0.717, 1.165) is 39.0 Å². The summed E-state index contributed by atoms with van der Waals surface area (Å²) in [6.07, 6.45) is 6.11. The molecule has 0 amide bonds. The summed E-state index contributed by atoms with van der Waals surface area (Å²) in [4.78, 5) is 14.9. The molecule has 0 spiro atoms. The molecule has 0 fully saturated rings. The molecule has 104 valence electrons. The van der Waals surface area contributed by atoms with Gasteiger partial charge in [-0.3, -0.25) is 0 Å². The van der Waals surface area contributed by atoms with Crippen LogP contribution < -0.4 is 16.8 Å². The van der Waals surface area contributed by atoms with Crippen LogP contribution in [-0.2, 0) is 0 Å². The number of hydrogen-bond acceptors (Lipinski definition) is 6. The number of imidazole rings is 1. The first-order valence-electron chi connectivity index (χ1n) is 5.97. The lowest BCUT2D eigenvalue weighted by Crippen LogP contribution is -2.19. The highest BCUT2D eigenvalue weighted by Gasteiger charge is 2.01. The normalized spacial score (nSPS) is 9.67. The number of aromatic amines is 1. The van der Waals surface area contributed by atoms with Gasteiger partial charge in [-0.1, -0.05) is 4.98 Å². The van der Waals surface area contributed by atoms with Crippen molar-refractivity contribution in [1.29, 1.82) is 0 Å².